The van der Waals surface area contributed by atoms with Crippen LogP contribution in [0.4, 0.5) is 0 Å². The summed E-state index contributed by atoms with van der Waals surface area (Å²) in [5.74, 6) is 0.417. The van der Waals surface area contributed by atoms with E-state index in [1.54, 1.807) is 14.2 Å². The summed E-state index contributed by atoms with van der Waals surface area (Å²) in [6.45, 7) is 1.96. The first-order valence-corrected chi connectivity index (χ1v) is 8.74. The number of carbonyl (C=O) groups excluding carboxylic acids is 2. The van der Waals surface area contributed by atoms with Crippen LogP contribution >= 0.6 is 0 Å². The van der Waals surface area contributed by atoms with Gasteiger partial charge in [-0.15, -0.1) is 0 Å². The van der Waals surface area contributed by atoms with Crippen LogP contribution in [0.2, 0.25) is 0 Å². The number of methoxy groups -OCH3 is 1. The molecule has 136 valence electrons. The van der Waals surface area contributed by atoms with Gasteiger partial charge in [-0.25, -0.2) is 0 Å². The zero-order valence-electron chi connectivity index (χ0n) is 15.3. The number of amides is 2. The van der Waals surface area contributed by atoms with E-state index in [4.69, 9.17) is 4.74 Å². The Bertz CT molecular complexity index is 810. The van der Waals surface area contributed by atoms with Crippen molar-refractivity contribution in [2.24, 2.45) is 0 Å². The molecule has 2 amide bonds. The lowest BCUT2D eigenvalue weighted by Crippen LogP contribution is -2.43. The van der Waals surface area contributed by atoms with Gasteiger partial charge in [0, 0.05) is 7.05 Å². The van der Waals surface area contributed by atoms with Gasteiger partial charge in [-0.05, 0) is 43.0 Å². The van der Waals surface area contributed by atoms with Crippen molar-refractivity contribution in [1.82, 2.24) is 10.6 Å². The van der Waals surface area contributed by atoms with Crippen LogP contribution in [-0.4, -0.2) is 26.0 Å². The smallest absolute Gasteiger partial charge is 0.246 e. The molecule has 1 atom stereocenters. The van der Waals surface area contributed by atoms with Gasteiger partial charge in [-0.1, -0.05) is 42.0 Å². The van der Waals surface area contributed by atoms with Crippen molar-refractivity contribution in [1.29, 1.82) is 0 Å². The Morgan fingerprint density at radius 3 is 2.35 bits per heavy atom. The Morgan fingerprint density at radius 2 is 1.81 bits per heavy atom. The number of ether oxygens (including phenoxy) is 1. The molecule has 5 heteroatoms. The third kappa shape index (κ3) is 3.43. The first-order chi connectivity index (χ1) is 12.5. The molecule has 1 aliphatic carbocycles. The van der Waals surface area contributed by atoms with Crippen LogP contribution < -0.4 is 15.4 Å². The van der Waals surface area contributed by atoms with E-state index in [1.165, 1.54) is 0 Å². The van der Waals surface area contributed by atoms with Gasteiger partial charge in [0.15, 0.2) is 0 Å². The molecule has 0 bridgehead atoms. The Kier molecular flexibility index (Phi) is 4.98. The molecule has 0 aliphatic heterocycles. The fraction of sp³-hybridized carbons (Fsp3) is 0.333. The number of likely N-dealkylation sites (N-methyl/N-ethyl adjacent to an activating group) is 1. The van der Waals surface area contributed by atoms with Crippen molar-refractivity contribution in [3.05, 3.63) is 65.2 Å². The molecule has 1 saturated carbocycles. The topological polar surface area (TPSA) is 67.4 Å². The molecule has 1 unspecified atom stereocenters. The highest BCUT2D eigenvalue weighted by Crippen LogP contribution is 2.49. The van der Waals surface area contributed by atoms with Gasteiger partial charge in [-0.2, -0.15) is 0 Å². The molecular weight excluding hydrogens is 328 g/mol. The predicted molar refractivity (Wildman–Crippen MR) is 100 cm³/mol. The van der Waals surface area contributed by atoms with Gasteiger partial charge in [0.05, 0.1) is 12.5 Å². The van der Waals surface area contributed by atoms with Crippen molar-refractivity contribution in [3.8, 4) is 5.75 Å². The van der Waals surface area contributed by atoms with Gasteiger partial charge in [0.2, 0.25) is 11.8 Å². The van der Waals surface area contributed by atoms with Gasteiger partial charge in [0.25, 0.3) is 0 Å². The van der Waals surface area contributed by atoms with Crippen molar-refractivity contribution in [3.63, 3.8) is 0 Å². The molecule has 2 N–H and O–H groups in total. The van der Waals surface area contributed by atoms with E-state index >= 15 is 0 Å². The van der Waals surface area contributed by atoms with Crippen LogP contribution in [0.25, 0.3) is 0 Å². The third-order valence-corrected chi connectivity index (χ3v) is 4.99. The number of hydrogen-bond donors (Lipinski definition) is 2. The Balaban J connectivity index is 1.84. The number of nitrogens with one attached hydrogen (secondary N) is 2. The molecule has 0 heterocycles. The average Bonchev–Trinajstić information content (AvgIpc) is 3.47. The molecule has 1 aliphatic rings. The molecule has 0 aromatic heterocycles. The molecular formula is C21H24N2O3. The van der Waals surface area contributed by atoms with Gasteiger partial charge < -0.3 is 15.4 Å². The van der Waals surface area contributed by atoms with Gasteiger partial charge >= 0.3 is 0 Å². The quantitative estimate of drug-likeness (QED) is 0.840. The molecule has 1 fully saturated rings. The van der Waals surface area contributed by atoms with E-state index in [9.17, 15) is 9.59 Å². The van der Waals surface area contributed by atoms with Crippen LogP contribution in [0.1, 0.15) is 35.6 Å². The monoisotopic (exact) mass is 352 g/mol. The second-order valence-electron chi connectivity index (χ2n) is 6.75. The van der Waals surface area contributed by atoms with Crippen molar-refractivity contribution in [2.45, 2.75) is 31.2 Å². The summed E-state index contributed by atoms with van der Waals surface area (Å²) >= 11 is 0. The summed E-state index contributed by atoms with van der Waals surface area (Å²) in [5, 5.41) is 5.60. The van der Waals surface area contributed by atoms with E-state index in [0.717, 1.165) is 35.3 Å². The minimum atomic E-state index is -0.705. The fourth-order valence-corrected chi connectivity index (χ4v) is 3.25. The summed E-state index contributed by atoms with van der Waals surface area (Å²) in [4.78, 5) is 25.4. The highest BCUT2D eigenvalue weighted by Gasteiger charge is 2.52. The largest absolute Gasteiger partial charge is 0.497 e. The van der Waals surface area contributed by atoms with E-state index in [-0.39, 0.29) is 11.8 Å². The minimum absolute atomic E-state index is 0.113. The number of rotatable bonds is 6. The normalized spacial score (nSPS) is 15.7. The Labute approximate surface area is 153 Å². The fourth-order valence-electron chi connectivity index (χ4n) is 3.25. The first kappa shape index (κ1) is 18.0. The van der Waals surface area contributed by atoms with Crippen LogP contribution in [0.3, 0.4) is 0 Å². The van der Waals surface area contributed by atoms with Crippen LogP contribution in [0, 0.1) is 6.92 Å². The van der Waals surface area contributed by atoms with Crippen LogP contribution in [-0.2, 0) is 15.0 Å². The average molecular weight is 352 g/mol. The van der Waals surface area contributed by atoms with Gasteiger partial charge in [0.1, 0.15) is 11.8 Å². The maximum absolute atomic E-state index is 13.0. The lowest BCUT2D eigenvalue weighted by atomic mass is 9.93. The van der Waals surface area contributed by atoms with Crippen molar-refractivity contribution < 1.29 is 14.3 Å². The zero-order chi connectivity index (χ0) is 18.7. The van der Waals surface area contributed by atoms with Crippen molar-refractivity contribution in [2.75, 3.05) is 14.2 Å². The number of carbonyl (C=O) groups is 2. The molecule has 0 radical (unpaired) electrons. The summed E-state index contributed by atoms with van der Waals surface area (Å²) in [5.41, 5.74) is 2.23. The predicted octanol–water partition coefficient (Wildman–Crippen LogP) is 2.64. The van der Waals surface area contributed by atoms with Crippen LogP contribution in [0.5, 0.6) is 5.75 Å². The Hall–Kier alpha value is -2.82. The highest BCUT2D eigenvalue weighted by atomic mass is 16.5. The summed E-state index contributed by atoms with van der Waals surface area (Å²) < 4.78 is 5.19. The summed E-state index contributed by atoms with van der Waals surface area (Å²) in [7, 11) is 3.19. The van der Waals surface area contributed by atoms with E-state index in [2.05, 4.69) is 10.6 Å². The second-order valence-corrected chi connectivity index (χ2v) is 6.75. The Morgan fingerprint density at radius 1 is 1.12 bits per heavy atom. The van der Waals surface area contributed by atoms with Gasteiger partial charge in [-0.3, -0.25) is 9.59 Å². The zero-order valence-corrected chi connectivity index (χ0v) is 15.3. The van der Waals surface area contributed by atoms with Crippen LogP contribution in [0.15, 0.2) is 48.5 Å². The lowest BCUT2D eigenvalue weighted by Gasteiger charge is -2.22. The number of aryl methyl sites for hydroxylation is 1. The number of hydrogen-bond acceptors (Lipinski definition) is 3. The number of benzene rings is 2. The summed E-state index contributed by atoms with van der Waals surface area (Å²) in [6.07, 6.45) is 1.55. The lowest BCUT2D eigenvalue weighted by molar-refractivity contribution is -0.130. The molecule has 0 saturated heterocycles. The first-order valence-electron chi connectivity index (χ1n) is 8.74. The molecule has 2 aromatic carbocycles. The highest BCUT2D eigenvalue weighted by molar-refractivity contribution is 5.95. The van der Waals surface area contributed by atoms with Crippen molar-refractivity contribution >= 4 is 11.8 Å². The van der Waals surface area contributed by atoms with E-state index in [1.807, 2.05) is 55.5 Å². The standard InChI is InChI=1S/C21H24N2O3/c1-14-5-4-6-15(13-14)18(19(24)22-2)23-20(25)21(11-12-21)16-7-9-17(26-3)10-8-16/h4-10,13,18H,11-12H2,1-3H3,(H,22,24)(H,23,25). The second kappa shape index (κ2) is 7.20. The minimum Gasteiger partial charge on any atom is -0.497 e. The molecule has 2 aromatic rings. The maximum Gasteiger partial charge on any atom is 0.246 e. The molecule has 3 rings (SSSR count). The SMILES string of the molecule is CNC(=O)C(NC(=O)C1(c2ccc(OC)cc2)CC1)c1cccc(C)c1. The molecule has 5 nitrogen and oxygen atoms in total. The van der Waals surface area contributed by atoms with E-state index < -0.39 is 11.5 Å². The molecule has 26 heavy (non-hydrogen) atoms. The summed E-state index contributed by atoms with van der Waals surface area (Å²) in [6, 6.07) is 14.5. The third-order valence-electron chi connectivity index (χ3n) is 4.99. The van der Waals surface area contributed by atoms with E-state index in [0.29, 0.717) is 0 Å². The molecule has 0 spiro atoms. The maximum atomic E-state index is 13.0.